The quantitative estimate of drug-likeness (QED) is 0.834. The molecule has 1 spiro atoms. The molecule has 0 radical (unpaired) electrons. The van der Waals surface area contributed by atoms with E-state index in [2.05, 4.69) is 10.2 Å². The maximum atomic E-state index is 13.1. The second-order valence-electron chi connectivity index (χ2n) is 8.20. The summed E-state index contributed by atoms with van der Waals surface area (Å²) in [5.74, 6) is 0.718. The van der Waals surface area contributed by atoms with Crippen molar-refractivity contribution in [3.63, 3.8) is 0 Å². The molecular formula is C23H27N3O4. The summed E-state index contributed by atoms with van der Waals surface area (Å²) in [4.78, 5) is 29.9. The van der Waals surface area contributed by atoms with Crippen LogP contribution in [-0.2, 0) is 11.3 Å². The molecule has 30 heavy (non-hydrogen) atoms. The summed E-state index contributed by atoms with van der Waals surface area (Å²) < 4.78 is 11.4. The van der Waals surface area contributed by atoms with Crippen molar-refractivity contribution in [2.24, 2.45) is 5.92 Å². The molecule has 2 aliphatic rings. The molecule has 2 heterocycles. The number of hydrogen-bond acceptors (Lipinski definition) is 5. The fraction of sp³-hybridized carbons (Fsp3) is 0.391. The van der Waals surface area contributed by atoms with Gasteiger partial charge in [-0.05, 0) is 29.8 Å². The van der Waals surface area contributed by atoms with E-state index in [0.717, 1.165) is 11.3 Å². The van der Waals surface area contributed by atoms with Crippen LogP contribution in [0.3, 0.4) is 0 Å². The summed E-state index contributed by atoms with van der Waals surface area (Å²) in [7, 11) is 5.13. The second-order valence-corrected chi connectivity index (χ2v) is 8.20. The standard InChI is InChI=1S/C23H27N3O4/c1-25(2)22(28)19-13-26(12-16-7-6-8-17(11-16)29-3)14-23(19)15-30-20-10-5-4-9-18(20)21(27)24-23/h4-11,19H,12-15H2,1-3H3,(H,24,27)/t19-,23-/m1/s1. The molecule has 2 aromatic carbocycles. The van der Waals surface area contributed by atoms with Crippen molar-refractivity contribution >= 4 is 11.8 Å². The lowest BCUT2D eigenvalue weighted by Crippen LogP contribution is -2.60. The molecule has 2 atom stereocenters. The van der Waals surface area contributed by atoms with E-state index in [0.29, 0.717) is 30.9 Å². The number of carbonyl (C=O) groups excluding carboxylic acids is 2. The third kappa shape index (κ3) is 3.73. The second kappa shape index (κ2) is 7.99. The van der Waals surface area contributed by atoms with Crippen LogP contribution in [0.1, 0.15) is 15.9 Å². The van der Waals surface area contributed by atoms with Crippen LogP contribution in [0.4, 0.5) is 0 Å². The number of fused-ring (bicyclic) bond motifs is 1. The molecular weight excluding hydrogens is 382 g/mol. The maximum absolute atomic E-state index is 13.1. The highest BCUT2D eigenvalue weighted by Crippen LogP contribution is 2.35. The highest BCUT2D eigenvalue weighted by atomic mass is 16.5. The molecule has 0 aliphatic carbocycles. The number of hydrogen-bond donors (Lipinski definition) is 1. The summed E-state index contributed by atoms with van der Waals surface area (Å²) in [5.41, 5.74) is 0.791. The Hall–Kier alpha value is -3.06. The SMILES string of the molecule is COc1cccc(CN2C[C@H](C(=O)N(C)C)[C@]3(COc4ccccc4C(=O)N3)C2)c1. The molecule has 1 saturated heterocycles. The van der Waals surface area contributed by atoms with Gasteiger partial charge in [0.1, 0.15) is 18.1 Å². The van der Waals surface area contributed by atoms with Crippen LogP contribution in [0.25, 0.3) is 0 Å². The fourth-order valence-electron chi connectivity index (χ4n) is 4.37. The number of likely N-dealkylation sites (tertiary alicyclic amines) is 1. The van der Waals surface area contributed by atoms with Gasteiger partial charge in [0.05, 0.1) is 24.1 Å². The summed E-state index contributed by atoms with van der Waals surface area (Å²) in [6.45, 7) is 1.95. The predicted octanol–water partition coefficient (Wildman–Crippen LogP) is 1.78. The van der Waals surface area contributed by atoms with Gasteiger partial charge >= 0.3 is 0 Å². The van der Waals surface area contributed by atoms with Gasteiger partial charge in [0.15, 0.2) is 0 Å². The van der Waals surface area contributed by atoms with E-state index in [1.54, 1.807) is 38.2 Å². The molecule has 1 N–H and O–H groups in total. The Balaban J connectivity index is 1.63. The number of carbonyl (C=O) groups is 2. The van der Waals surface area contributed by atoms with Crippen LogP contribution in [0.15, 0.2) is 48.5 Å². The maximum Gasteiger partial charge on any atom is 0.255 e. The Morgan fingerprint density at radius 3 is 2.83 bits per heavy atom. The molecule has 0 unspecified atom stereocenters. The molecule has 4 rings (SSSR count). The van der Waals surface area contributed by atoms with Gasteiger partial charge in [0.2, 0.25) is 5.91 Å². The zero-order chi connectivity index (χ0) is 21.3. The van der Waals surface area contributed by atoms with Crippen molar-refractivity contribution in [3.05, 3.63) is 59.7 Å². The highest BCUT2D eigenvalue weighted by Gasteiger charge is 2.53. The van der Waals surface area contributed by atoms with E-state index in [-0.39, 0.29) is 18.4 Å². The smallest absolute Gasteiger partial charge is 0.255 e. The lowest BCUT2D eigenvalue weighted by atomic mass is 9.86. The number of nitrogens with zero attached hydrogens (tertiary/aromatic N) is 2. The average Bonchev–Trinajstić information content (AvgIpc) is 3.01. The van der Waals surface area contributed by atoms with Gasteiger partial charge in [0, 0.05) is 33.7 Å². The summed E-state index contributed by atoms with van der Waals surface area (Å²) in [5, 5.41) is 3.16. The number of amides is 2. The van der Waals surface area contributed by atoms with Crippen LogP contribution in [0, 0.1) is 5.92 Å². The molecule has 2 aromatic rings. The van der Waals surface area contributed by atoms with Crippen molar-refractivity contribution in [1.29, 1.82) is 0 Å². The number of ether oxygens (including phenoxy) is 2. The summed E-state index contributed by atoms with van der Waals surface area (Å²) in [6, 6.07) is 15.1. The Labute approximate surface area is 176 Å². The number of benzene rings is 2. The zero-order valence-corrected chi connectivity index (χ0v) is 17.6. The van der Waals surface area contributed by atoms with E-state index < -0.39 is 11.5 Å². The van der Waals surface area contributed by atoms with Gasteiger partial charge in [0.25, 0.3) is 5.91 Å². The largest absolute Gasteiger partial charge is 0.497 e. The first-order valence-electron chi connectivity index (χ1n) is 10.0. The van der Waals surface area contributed by atoms with Gasteiger partial charge in [-0.2, -0.15) is 0 Å². The molecule has 7 heteroatoms. The van der Waals surface area contributed by atoms with Crippen LogP contribution in [-0.4, -0.2) is 68.1 Å². The fourth-order valence-corrected chi connectivity index (χ4v) is 4.37. The first-order valence-corrected chi connectivity index (χ1v) is 10.0. The first-order chi connectivity index (χ1) is 14.4. The van der Waals surface area contributed by atoms with Gasteiger partial charge < -0.3 is 19.7 Å². The van der Waals surface area contributed by atoms with Gasteiger partial charge in [-0.3, -0.25) is 14.5 Å². The molecule has 7 nitrogen and oxygen atoms in total. The number of nitrogens with one attached hydrogen (secondary N) is 1. The van der Waals surface area contributed by atoms with Crippen molar-refractivity contribution in [3.8, 4) is 11.5 Å². The topological polar surface area (TPSA) is 71.1 Å². The third-order valence-electron chi connectivity index (χ3n) is 5.87. The molecule has 2 aliphatic heterocycles. The Morgan fingerprint density at radius 1 is 1.27 bits per heavy atom. The van der Waals surface area contributed by atoms with Crippen LogP contribution < -0.4 is 14.8 Å². The molecule has 158 valence electrons. The molecule has 1 fully saturated rings. The van der Waals surface area contributed by atoms with Crippen molar-refractivity contribution in [2.45, 2.75) is 12.1 Å². The lowest BCUT2D eigenvalue weighted by Gasteiger charge is -2.34. The van der Waals surface area contributed by atoms with E-state index in [1.165, 1.54) is 0 Å². The zero-order valence-electron chi connectivity index (χ0n) is 17.6. The summed E-state index contributed by atoms with van der Waals surface area (Å²) >= 11 is 0. The van der Waals surface area contributed by atoms with Crippen LogP contribution in [0.2, 0.25) is 0 Å². The van der Waals surface area contributed by atoms with Crippen molar-refractivity contribution in [1.82, 2.24) is 15.1 Å². The monoisotopic (exact) mass is 409 g/mol. The number of methoxy groups -OCH3 is 1. The molecule has 0 bridgehead atoms. The van der Waals surface area contributed by atoms with E-state index in [4.69, 9.17) is 9.47 Å². The Kier molecular flexibility index (Phi) is 5.39. The van der Waals surface area contributed by atoms with E-state index >= 15 is 0 Å². The molecule has 2 amide bonds. The van der Waals surface area contributed by atoms with Gasteiger partial charge in [-0.15, -0.1) is 0 Å². The first kappa shape index (κ1) is 20.2. The van der Waals surface area contributed by atoms with Gasteiger partial charge in [-0.1, -0.05) is 24.3 Å². The normalized spacial score (nSPS) is 23.3. The van der Waals surface area contributed by atoms with E-state index in [1.807, 2.05) is 36.4 Å². The lowest BCUT2D eigenvalue weighted by molar-refractivity contribution is -0.134. The highest BCUT2D eigenvalue weighted by molar-refractivity contribution is 5.98. The molecule has 0 saturated carbocycles. The van der Waals surface area contributed by atoms with E-state index in [9.17, 15) is 9.59 Å². The van der Waals surface area contributed by atoms with Crippen LogP contribution in [0.5, 0.6) is 11.5 Å². The van der Waals surface area contributed by atoms with Crippen molar-refractivity contribution < 1.29 is 19.1 Å². The van der Waals surface area contributed by atoms with Gasteiger partial charge in [-0.25, -0.2) is 0 Å². The van der Waals surface area contributed by atoms with Crippen molar-refractivity contribution in [2.75, 3.05) is 40.9 Å². The summed E-state index contributed by atoms with van der Waals surface area (Å²) in [6.07, 6.45) is 0. The number of rotatable bonds is 4. The minimum atomic E-state index is -0.795. The predicted molar refractivity (Wildman–Crippen MR) is 113 cm³/mol. The molecule has 0 aromatic heterocycles. The minimum Gasteiger partial charge on any atom is -0.497 e. The Bertz CT molecular complexity index is 961. The van der Waals surface area contributed by atoms with Crippen LogP contribution >= 0.6 is 0 Å². The number of para-hydroxylation sites is 1. The third-order valence-corrected chi connectivity index (χ3v) is 5.87. The Morgan fingerprint density at radius 2 is 2.07 bits per heavy atom. The minimum absolute atomic E-state index is 0.0157. The average molecular weight is 409 g/mol.